The highest BCUT2D eigenvalue weighted by Gasteiger charge is 2.13. The number of benzene rings is 1. The zero-order chi connectivity index (χ0) is 10.9. The van der Waals surface area contributed by atoms with Gasteiger partial charge in [-0.1, -0.05) is 0 Å². The summed E-state index contributed by atoms with van der Waals surface area (Å²) in [7, 11) is -4.22. The van der Waals surface area contributed by atoms with Crippen LogP contribution in [0.4, 0.5) is 5.69 Å². The normalized spacial score (nSPS) is 11.4. The lowest BCUT2D eigenvalue weighted by molar-refractivity contribution is 0.483. The zero-order valence-electron chi connectivity index (χ0n) is 7.68. The molecule has 0 aliphatic rings. The fourth-order valence-electron chi connectivity index (χ4n) is 1.21. The summed E-state index contributed by atoms with van der Waals surface area (Å²) in [6.45, 7) is 3.11. The number of hydrogen-bond donors (Lipinski definition) is 1. The molecule has 0 aliphatic heterocycles. The van der Waals surface area contributed by atoms with Gasteiger partial charge in [-0.2, -0.15) is 8.42 Å². The molecular weight excluding hydrogens is 206 g/mol. The van der Waals surface area contributed by atoms with E-state index in [4.69, 9.17) is 4.55 Å². The lowest BCUT2D eigenvalue weighted by atomic mass is 10.1. The second kappa shape index (κ2) is 3.47. The fraction of sp³-hybridized carbons (Fsp3) is 0.250. The standard InChI is InChI=1S/C8H9NO4S/c1-5-3-7(14(11,12)13)4-6(2)8(5)9-10/h3-4H,1-2H3,(H,11,12,13). The molecule has 1 aromatic carbocycles. The summed E-state index contributed by atoms with van der Waals surface area (Å²) in [5.41, 5.74) is 1.05. The highest BCUT2D eigenvalue weighted by Crippen LogP contribution is 2.26. The number of aryl methyl sites for hydroxylation is 2. The molecule has 0 atom stereocenters. The SMILES string of the molecule is Cc1cc(S(=O)(=O)O)cc(C)c1N=O. The van der Waals surface area contributed by atoms with Crippen LogP contribution in [0, 0.1) is 18.8 Å². The van der Waals surface area contributed by atoms with Gasteiger partial charge in [-0.25, -0.2) is 0 Å². The van der Waals surface area contributed by atoms with Crippen LogP contribution in [0.15, 0.2) is 22.2 Å². The minimum absolute atomic E-state index is 0.206. The highest BCUT2D eigenvalue weighted by molar-refractivity contribution is 7.85. The largest absolute Gasteiger partial charge is 0.294 e. The van der Waals surface area contributed by atoms with Crippen LogP contribution in [0.25, 0.3) is 0 Å². The molecule has 0 heterocycles. The highest BCUT2D eigenvalue weighted by atomic mass is 32.2. The summed E-state index contributed by atoms with van der Waals surface area (Å²) in [4.78, 5) is 10.1. The molecule has 1 rings (SSSR count). The fourth-order valence-corrected chi connectivity index (χ4v) is 1.86. The Hall–Kier alpha value is -1.27. The molecule has 0 amide bonds. The molecule has 0 saturated carbocycles. The van der Waals surface area contributed by atoms with Gasteiger partial charge in [0, 0.05) is 0 Å². The van der Waals surface area contributed by atoms with Crippen LogP contribution in [0.3, 0.4) is 0 Å². The Balaban J connectivity index is 3.50. The van der Waals surface area contributed by atoms with Crippen LogP contribution in [0.1, 0.15) is 11.1 Å². The van der Waals surface area contributed by atoms with Crippen LogP contribution in [-0.2, 0) is 10.1 Å². The van der Waals surface area contributed by atoms with Crippen molar-refractivity contribution in [2.45, 2.75) is 18.7 Å². The molecule has 0 aliphatic carbocycles. The van der Waals surface area contributed by atoms with E-state index >= 15 is 0 Å². The lowest BCUT2D eigenvalue weighted by Crippen LogP contribution is -1.99. The van der Waals surface area contributed by atoms with Crippen molar-refractivity contribution in [1.82, 2.24) is 0 Å². The van der Waals surface area contributed by atoms with Gasteiger partial charge < -0.3 is 0 Å². The van der Waals surface area contributed by atoms with E-state index in [2.05, 4.69) is 5.18 Å². The number of rotatable bonds is 2. The van der Waals surface area contributed by atoms with Crippen LogP contribution in [0.5, 0.6) is 0 Å². The monoisotopic (exact) mass is 215 g/mol. The molecule has 0 aromatic heterocycles. The Morgan fingerprint density at radius 1 is 1.21 bits per heavy atom. The summed E-state index contributed by atoms with van der Waals surface area (Å²) in [6.07, 6.45) is 0. The Labute approximate surface area is 81.5 Å². The molecule has 6 heteroatoms. The van der Waals surface area contributed by atoms with Crippen molar-refractivity contribution in [1.29, 1.82) is 0 Å². The van der Waals surface area contributed by atoms with Gasteiger partial charge in [0.05, 0.1) is 4.90 Å². The van der Waals surface area contributed by atoms with E-state index in [0.717, 1.165) is 0 Å². The molecule has 0 spiro atoms. The maximum Gasteiger partial charge on any atom is 0.294 e. The number of nitrogens with zero attached hydrogens (tertiary/aromatic N) is 1. The van der Waals surface area contributed by atoms with Gasteiger partial charge in [-0.15, -0.1) is 4.91 Å². The van der Waals surface area contributed by atoms with E-state index in [0.29, 0.717) is 11.1 Å². The average molecular weight is 215 g/mol. The molecule has 76 valence electrons. The molecule has 0 fully saturated rings. The Kier molecular flexibility index (Phi) is 2.68. The maximum atomic E-state index is 10.8. The third-order valence-corrected chi connectivity index (χ3v) is 2.69. The Morgan fingerprint density at radius 3 is 1.93 bits per heavy atom. The predicted octanol–water partition coefficient (Wildman–Crippen LogP) is 1.95. The molecule has 0 radical (unpaired) electrons. The molecule has 5 nitrogen and oxygen atoms in total. The summed E-state index contributed by atoms with van der Waals surface area (Å²) in [6, 6.07) is 2.41. The minimum Gasteiger partial charge on any atom is -0.282 e. The van der Waals surface area contributed by atoms with Gasteiger partial charge in [0.2, 0.25) is 0 Å². The predicted molar refractivity (Wildman–Crippen MR) is 51.2 cm³/mol. The summed E-state index contributed by atoms with van der Waals surface area (Å²) in [5.74, 6) is 0. The topological polar surface area (TPSA) is 83.8 Å². The smallest absolute Gasteiger partial charge is 0.282 e. The van der Waals surface area contributed by atoms with Gasteiger partial charge in [-0.05, 0) is 42.3 Å². The van der Waals surface area contributed by atoms with Crippen LogP contribution in [0.2, 0.25) is 0 Å². The summed E-state index contributed by atoms with van der Waals surface area (Å²) >= 11 is 0. The van der Waals surface area contributed by atoms with E-state index in [1.54, 1.807) is 13.8 Å². The molecule has 0 saturated heterocycles. The third-order valence-electron chi connectivity index (χ3n) is 1.85. The molecular formula is C8H9NO4S. The van der Waals surface area contributed by atoms with Crippen molar-refractivity contribution < 1.29 is 13.0 Å². The second-order valence-corrected chi connectivity index (χ2v) is 4.39. The second-order valence-electron chi connectivity index (χ2n) is 2.97. The maximum absolute atomic E-state index is 10.8. The van der Waals surface area contributed by atoms with E-state index in [9.17, 15) is 13.3 Å². The zero-order valence-corrected chi connectivity index (χ0v) is 8.50. The first-order valence-corrected chi connectivity index (χ1v) is 5.22. The van der Waals surface area contributed by atoms with Crippen molar-refractivity contribution in [3.05, 3.63) is 28.2 Å². The van der Waals surface area contributed by atoms with Crippen molar-refractivity contribution in [2.75, 3.05) is 0 Å². The Morgan fingerprint density at radius 2 is 1.64 bits per heavy atom. The first kappa shape index (κ1) is 10.8. The first-order valence-electron chi connectivity index (χ1n) is 3.78. The van der Waals surface area contributed by atoms with Crippen LogP contribution in [-0.4, -0.2) is 13.0 Å². The van der Waals surface area contributed by atoms with Gasteiger partial charge in [0.1, 0.15) is 5.69 Å². The van der Waals surface area contributed by atoms with Crippen molar-refractivity contribution >= 4 is 15.8 Å². The van der Waals surface area contributed by atoms with Crippen molar-refractivity contribution in [3.8, 4) is 0 Å². The van der Waals surface area contributed by atoms with Gasteiger partial charge >= 0.3 is 0 Å². The van der Waals surface area contributed by atoms with E-state index in [1.807, 2.05) is 0 Å². The summed E-state index contributed by atoms with van der Waals surface area (Å²) in [5, 5.41) is 2.77. The first-order chi connectivity index (χ1) is 6.36. The van der Waals surface area contributed by atoms with Crippen LogP contribution >= 0.6 is 0 Å². The van der Waals surface area contributed by atoms with E-state index in [-0.39, 0.29) is 10.6 Å². The number of hydrogen-bond acceptors (Lipinski definition) is 4. The van der Waals surface area contributed by atoms with E-state index in [1.165, 1.54) is 12.1 Å². The van der Waals surface area contributed by atoms with Crippen LogP contribution < -0.4 is 0 Å². The summed E-state index contributed by atoms with van der Waals surface area (Å²) < 4.78 is 30.3. The average Bonchev–Trinajstić information content (AvgIpc) is 2.01. The number of nitroso groups, excluding NO2 is 1. The quantitative estimate of drug-likeness (QED) is 0.603. The van der Waals surface area contributed by atoms with Gasteiger partial charge in [-0.3, -0.25) is 4.55 Å². The van der Waals surface area contributed by atoms with Crippen molar-refractivity contribution in [2.24, 2.45) is 5.18 Å². The minimum atomic E-state index is -4.22. The molecule has 14 heavy (non-hydrogen) atoms. The molecule has 1 aromatic rings. The molecule has 0 bridgehead atoms. The molecule has 1 N–H and O–H groups in total. The lowest BCUT2D eigenvalue weighted by Gasteiger charge is -2.04. The Bertz CT molecular complexity index is 455. The van der Waals surface area contributed by atoms with E-state index < -0.39 is 10.1 Å². The molecule has 0 unspecified atom stereocenters. The van der Waals surface area contributed by atoms with Gasteiger partial charge in [0.15, 0.2) is 0 Å². The van der Waals surface area contributed by atoms with Crippen molar-refractivity contribution in [3.63, 3.8) is 0 Å². The third kappa shape index (κ3) is 1.97. The van der Waals surface area contributed by atoms with Gasteiger partial charge in [0.25, 0.3) is 10.1 Å².